The summed E-state index contributed by atoms with van der Waals surface area (Å²) in [5.74, 6) is -0.830. The molecule has 0 unspecified atom stereocenters. The summed E-state index contributed by atoms with van der Waals surface area (Å²) in [6.45, 7) is 4.81. The van der Waals surface area contributed by atoms with E-state index in [-0.39, 0.29) is 23.4 Å². The maximum Gasteiger partial charge on any atom is 0.264 e. The molecule has 1 N–H and O–H groups in total. The molecule has 3 aromatic carbocycles. The van der Waals surface area contributed by atoms with Crippen LogP contribution in [0.3, 0.4) is 0 Å². The molecule has 0 aliphatic heterocycles. The Hall–Kier alpha value is -3.07. The van der Waals surface area contributed by atoms with Crippen LogP contribution in [0.4, 0.5) is 5.69 Å². The van der Waals surface area contributed by atoms with E-state index in [4.69, 9.17) is 23.2 Å². The zero-order valence-electron chi connectivity index (χ0n) is 23.4. The lowest BCUT2D eigenvalue weighted by atomic mass is 10.1. The fourth-order valence-corrected chi connectivity index (χ4v) is 6.95. The van der Waals surface area contributed by atoms with Gasteiger partial charge in [0, 0.05) is 22.6 Å². The molecule has 218 valence electrons. The average molecular weight is 617 g/mol. The summed E-state index contributed by atoms with van der Waals surface area (Å²) in [6, 6.07) is 17.6. The number of nitrogens with one attached hydrogen (secondary N) is 1. The van der Waals surface area contributed by atoms with E-state index in [1.807, 2.05) is 13.0 Å². The van der Waals surface area contributed by atoms with Crippen LogP contribution in [0.5, 0.6) is 0 Å². The lowest BCUT2D eigenvalue weighted by Gasteiger charge is -2.33. The van der Waals surface area contributed by atoms with Gasteiger partial charge in [-0.1, -0.05) is 78.0 Å². The van der Waals surface area contributed by atoms with Crippen molar-refractivity contribution in [3.8, 4) is 0 Å². The summed E-state index contributed by atoms with van der Waals surface area (Å²) >= 11 is 12.5. The molecular formula is C31H35Cl2N3O4S. The van der Waals surface area contributed by atoms with Gasteiger partial charge in [-0.15, -0.1) is 0 Å². The molecule has 0 bridgehead atoms. The first-order valence-corrected chi connectivity index (χ1v) is 15.9. The maximum atomic E-state index is 14.1. The highest BCUT2D eigenvalue weighted by atomic mass is 35.5. The smallest absolute Gasteiger partial charge is 0.264 e. The van der Waals surface area contributed by atoms with E-state index >= 15 is 0 Å². The van der Waals surface area contributed by atoms with Crippen LogP contribution in [0.15, 0.2) is 71.6 Å². The Labute approximate surface area is 252 Å². The predicted molar refractivity (Wildman–Crippen MR) is 164 cm³/mol. The minimum atomic E-state index is -4.13. The van der Waals surface area contributed by atoms with Crippen molar-refractivity contribution in [1.82, 2.24) is 10.2 Å². The second-order valence-electron chi connectivity index (χ2n) is 10.5. The quantitative estimate of drug-likeness (QED) is 0.291. The Balaban J connectivity index is 1.71. The van der Waals surface area contributed by atoms with Gasteiger partial charge in [-0.05, 0) is 75.1 Å². The van der Waals surface area contributed by atoms with Crippen molar-refractivity contribution in [2.24, 2.45) is 0 Å². The standard InChI is InChI=1S/C31H35Cl2N3O4S/c1-21-12-16-27(17-13-21)41(39,40)36(29-11-7-4-8-22(29)2)20-30(37)35(19-24-14-15-25(32)18-28(24)33)23(3)31(38)34-26-9-5-6-10-26/h4,7-8,11-18,23,26H,5-6,9-10,19-20H2,1-3H3,(H,34,38)/t23-/m0/s1. The Kier molecular flexibility index (Phi) is 10.00. The molecule has 3 aromatic rings. The zero-order chi connectivity index (χ0) is 29.7. The highest BCUT2D eigenvalue weighted by Gasteiger charge is 2.34. The van der Waals surface area contributed by atoms with E-state index in [1.165, 1.54) is 17.0 Å². The maximum absolute atomic E-state index is 14.1. The number of aryl methyl sites for hydroxylation is 2. The lowest BCUT2D eigenvalue weighted by Crippen LogP contribution is -2.52. The molecule has 0 aromatic heterocycles. The molecule has 0 saturated heterocycles. The number of anilines is 1. The third kappa shape index (κ3) is 7.42. The highest BCUT2D eigenvalue weighted by Crippen LogP contribution is 2.29. The number of amides is 2. The van der Waals surface area contributed by atoms with Crippen molar-refractivity contribution in [1.29, 1.82) is 0 Å². The van der Waals surface area contributed by atoms with Crippen molar-refractivity contribution in [3.05, 3.63) is 93.5 Å². The van der Waals surface area contributed by atoms with Crippen LogP contribution in [0.1, 0.15) is 49.3 Å². The van der Waals surface area contributed by atoms with Gasteiger partial charge < -0.3 is 10.2 Å². The monoisotopic (exact) mass is 615 g/mol. The van der Waals surface area contributed by atoms with Crippen LogP contribution >= 0.6 is 23.2 Å². The fourth-order valence-electron chi connectivity index (χ4n) is 5.00. The molecule has 1 saturated carbocycles. The Morgan fingerprint density at radius 3 is 2.27 bits per heavy atom. The van der Waals surface area contributed by atoms with Gasteiger partial charge in [0.15, 0.2) is 0 Å². The van der Waals surface area contributed by atoms with E-state index in [0.717, 1.165) is 35.6 Å². The first kappa shape index (κ1) is 30.9. The van der Waals surface area contributed by atoms with Crippen LogP contribution < -0.4 is 9.62 Å². The Bertz CT molecular complexity index is 1510. The molecule has 0 spiro atoms. The largest absolute Gasteiger partial charge is 0.352 e. The van der Waals surface area contributed by atoms with Crippen LogP contribution in [0.25, 0.3) is 0 Å². The van der Waals surface area contributed by atoms with Gasteiger partial charge in [0.25, 0.3) is 10.0 Å². The normalized spacial score (nSPS) is 14.5. The summed E-state index contributed by atoms with van der Waals surface area (Å²) in [6.07, 6.45) is 3.88. The van der Waals surface area contributed by atoms with Gasteiger partial charge in [0.1, 0.15) is 12.6 Å². The van der Waals surface area contributed by atoms with Gasteiger partial charge in [0.05, 0.1) is 10.6 Å². The number of para-hydroxylation sites is 1. The van der Waals surface area contributed by atoms with Crippen molar-refractivity contribution in [2.75, 3.05) is 10.8 Å². The van der Waals surface area contributed by atoms with Crippen molar-refractivity contribution in [3.63, 3.8) is 0 Å². The number of carbonyl (C=O) groups excluding carboxylic acids is 2. The van der Waals surface area contributed by atoms with E-state index < -0.39 is 28.5 Å². The molecule has 4 rings (SSSR count). The summed E-state index contributed by atoms with van der Waals surface area (Å²) in [4.78, 5) is 28.9. The van der Waals surface area contributed by atoms with E-state index in [9.17, 15) is 18.0 Å². The van der Waals surface area contributed by atoms with Gasteiger partial charge >= 0.3 is 0 Å². The van der Waals surface area contributed by atoms with E-state index in [0.29, 0.717) is 26.9 Å². The van der Waals surface area contributed by atoms with Crippen molar-refractivity contribution < 1.29 is 18.0 Å². The van der Waals surface area contributed by atoms with Crippen molar-refractivity contribution >= 4 is 50.7 Å². The summed E-state index contributed by atoms with van der Waals surface area (Å²) in [5, 5.41) is 3.85. The molecule has 0 radical (unpaired) electrons. The average Bonchev–Trinajstić information content (AvgIpc) is 3.44. The second-order valence-corrected chi connectivity index (χ2v) is 13.2. The fraction of sp³-hybridized carbons (Fsp3) is 0.355. The zero-order valence-corrected chi connectivity index (χ0v) is 25.8. The molecule has 1 atom stereocenters. The van der Waals surface area contributed by atoms with Gasteiger partial charge in [0.2, 0.25) is 11.8 Å². The molecule has 0 heterocycles. The number of rotatable bonds is 10. The predicted octanol–water partition coefficient (Wildman–Crippen LogP) is 6.28. The van der Waals surface area contributed by atoms with Crippen LogP contribution in [0.2, 0.25) is 10.0 Å². The molecule has 2 amide bonds. The van der Waals surface area contributed by atoms with Gasteiger partial charge in [-0.2, -0.15) is 0 Å². The van der Waals surface area contributed by atoms with Crippen LogP contribution in [-0.4, -0.2) is 43.8 Å². The van der Waals surface area contributed by atoms with Crippen molar-refractivity contribution in [2.45, 2.75) is 70.0 Å². The first-order valence-electron chi connectivity index (χ1n) is 13.7. The third-order valence-electron chi connectivity index (χ3n) is 7.50. The number of hydrogen-bond acceptors (Lipinski definition) is 4. The number of nitrogens with zero attached hydrogens (tertiary/aromatic N) is 2. The molecule has 41 heavy (non-hydrogen) atoms. The summed E-state index contributed by atoms with van der Waals surface area (Å²) in [5.41, 5.74) is 2.58. The molecule has 1 aliphatic rings. The lowest BCUT2D eigenvalue weighted by molar-refractivity contribution is -0.139. The summed E-state index contributed by atoms with van der Waals surface area (Å²) in [7, 11) is -4.13. The number of halogens is 2. The summed E-state index contributed by atoms with van der Waals surface area (Å²) < 4.78 is 29.1. The van der Waals surface area contributed by atoms with E-state index in [1.54, 1.807) is 62.4 Å². The third-order valence-corrected chi connectivity index (χ3v) is 9.86. The van der Waals surface area contributed by atoms with Gasteiger partial charge in [-0.3, -0.25) is 13.9 Å². The Morgan fingerprint density at radius 1 is 0.976 bits per heavy atom. The topological polar surface area (TPSA) is 86.8 Å². The number of sulfonamides is 1. The minimum Gasteiger partial charge on any atom is -0.352 e. The molecule has 1 aliphatic carbocycles. The molecule has 10 heteroatoms. The van der Waals surface area contributed by atoms with E-state index in [2.05, 4.69) is 5.32 Å². The number of carbonyl (C=O) groups is 2. The highest BCUT2D eigenvalue weighted by molar-refractivity contribution is 7.92. The SMILES string of the molecule is Cc1ccc(S(=O)(=O)N(CC(=O)N(Cc2ccc(Cl)cc2Cl)[C@@H](C)C(=O)NC2CCCC2)c2ccccc2C)cc1. The number of benzene rings is 3. The molecular weight excluding hydrogens is 581 g/mol. The van der Waals surface area contributed by atoms with Crippen LogP contribution in [0, 0.1) is 13.8 Å². The first-order chi connectivity index (χ1) is 19.5. The Morgan fingerprint density at radius 2 is 1.63 bits per heavy atom. The van der Waals surface area contributed by atoms with Crippen LogP contribution in [-0.2, 0) is 26.2 Å². The second kappa shape index (κ2) is 13.3. The van der Waals surface area contributed by atoms with Gasteiger partial charge in [-0.25, -0.2) is 8.42 Å². The molecule has 7 nitrogen and oxygen atoms in total. The minimum absolute atomic E-state index is 0.000278. The molecule has 1 fully saturated rings. The number of hydrogen-bond donors (Lipinski definition) is 1.